The highest BCUT2D eigenvalue weighted by Gasteiger charge is 2.23. The maximum absolute atomic E-state index is 13.3. The Morgan fingerprint density at radius 1 is 1.28 bits per heavy atom. The molecule has 2 aromatic heterocycles. The molecule has 0 saturated carbocycles. The summed E-state index contributed by atoms with van der Waals surface area (Å²) < 4.78 is 8.30. The van der Waals surface area contributed by atoms with Gasteiger partial charge in [0.05, 0.1) is 23.4 Å². The van der Waals surface area contributed by atoms with Gasteiger partial charge < -0.3 is 4.74 Å². The molecule has 3 heterocycles. The molecular weight excluding hydrogens is 386 g/mol. The lowest BCUT2D eigenvalue weighted by molar-refractivity contribution is 0.0376. The van der Waals surface area contributed by atoms with E-state index in [0.717, 1.165) is 61.2 Å². The minimum Gasteiger partial charge on any atom is -0.379 e. The molecule has 0 spiro atoms. The first-order valence-corrected chi connectivity index (χ1v) is 11.0. The molecule has 0 aliphatic carbocycles. The van der Waals surface area contributed by atoms with Gasteiger partial charge >= 0.3 is 0 Å². The largest absolute Gasteiger partial charge is 0.379 e. The molecule has 0 bridgehead atoms. The monoisotopic (exact) mass is 413 g/mol. The molecule has 3 aromatic rings. The average Bonchev–Trinajstić information content (AvgIpc) is 3.38. The number of benzene rings is 1. The van der Waals surface area contributed by atoms with Crippen LogP contribution >= 0.6 is 11.3 Å². The van der Waals surface area contributed by atoms with Crippen molar-refractivity contribution in [2.75, 3.05) is 44.3 Å². The van der Waals surface area contributed by atoms with E-state index in [1.807, 2.05) is 19.2 Å². The number of amides is 1. The molecule has 1 aliphatic rings. The first-order chi connectivity index (χ1) is 14.1. The van der Waals surface area contributed by atoms with Crippen molar-refractivity contribution >= 4 is 32.6 Å². The van der Waals surface area contributed by atoms with Gasteiger partial charge in [-0.15, -0.1) is 0 Å². The van der Waals surface area contributed by atoms with Crippen LogP contribution in [0.5, 0.6) is 0 Å². The van der Waals surface area contributed by atoms with Crippen LogP contribution in [-0.4, -0.2) is 65.0 Å². The van der Waals surface area contributed by atoms with Crippen molar-refractivity contribution < 1.29 is 9.53 Å². The van der Waals surface area contributed by atoms with Gasteiger partial charge in [-0.25, -0.2) is 4.98 Å². The average molecular weight is 414 g/mol. The second-order valence-electron chi connectivity index (χ2n) is 7.29. The molecule has 1 saturated heterocycles. The van der Waals surface area contributed by atoms with Gasteiger partial charge in [-0.05, 0) is 44.0 Å². The number of anilines is 1. The molecule has 4 rings (SSSR count). The van der Waals surface area contributed by atoms with Crippen LogP contribution in [0.1, 0.15) is 29.4 Å². The number of aryl methyl sites for hydroxylation is 2. The third kappa shape index (κ3) is 4.66. The Labute approximate surface area is 174 Å². The van der Waals surface area contributed by atoms with E-state index in [4.69, 9.17) is 9.72 Å². The predicted octanol–water partition coefficient (Wildman–Crippen LogP) is 3.19. The highest BCUT2D eigenvalue weighted by molar-refractivity contribution is 7.22. The Hall–Kier alpha value is -2.29. The highest BCUT2D eigenvalue weighted by Crippen LogP contribution is 2.30. The quantitative estimate of drug-likeness (QED) is 0.595. The van der Waals surface area contributed by atoms with Crippen LogP contribution in [0.3, 0.4) is 0 Å². The van der Waals surface area contributed by atoms with Gasteiger partial charge in [0.1, 0.15) is 0 Å². The van der Waals surface area contributed by atoms with E-state index < -0.39 is 0 Å². The molecular formula is C21H27N5O2S. The second-order valence-corrected chi connectivity index (χ2v) is 8.30. The van der Waals surface area contributed by atoms with Gasteiger partial charge in [0.15, 0.2) is 10.8 Å². The number of rotatable bonds is 7. The summed E-state index contributed by atoms with van der Waals surface area (Å²) >= 11 is 1.57. The number of nitrogens with zero attached hydrogens (tertiary/aromatic N) is 5. The van der Waals surface area contributed by atoms with E-state index in [1.165, 1.54) is 5.56 Å². The van der Waals surface area contributed by atoms with Gasteiger partial charge in [-0.1, -0.05) is 17.4 Å². The summed E-state index contributed by atoms with van der Waals surface area (Å²) in [6.07, 6.45) is 2.73. The Bertz CT molecular complexity index is 977. The summed E-state index contributed by atoms with van der Waals surface area (Å²) in [5, 5.41) is 5.16. The third-order valence-corrected chi connectivity index (χ3v) is 6.19. The maximum Gasteiger partial charge on any atom is 0.280 e. The number of thiazole rings is 1. The molecule has 7 nitrogen and oxygen atoms in total. The van der Waals surface area contributed by atoms with Crippen molar-refractivity contribution in [3.63, 3.8) is 0 Å². The van der Waals surface area contributed by atoms with Gasteiger partial charge in [0.2, 0.25) is 0 Å². The van der Waals surface area contributed by atoms with E-state index >= 15 is 0 Å². The molecule has 0 unspecified atom stereocenters. The molecule has 0 atom stereocenters. The van der Waals surface area contributed by atoms with Crippen molar-refractivity contribution in [3.8, 4) is 0 Å². The molecule has 0 radical (unpaired) electrons. The number of aromatic nitrogens is 3. The SMILES string of the molecule is CCn1ccc(C(=O)N(CCCN2CCOCC2)c2nc3ccc(C)cc3s2)n1. The number of ether oxygens (including phenoxy) is 1. The number of morpholine rings is 1. The molecule has 1 aliphatic heterocycles. The standard InChI is InChI=1S/C21H27N5O2S/c1-3-25-10-7-18(23-25)20(27)26(9-4-8-24-11-13-28-14-12-24)21-22-17-6-5-16(2)15-19(17)29-21/h5-7,10,15H,3-4,8-9,11-14H2,1-2H3. The second kappa shape index (κ2) is 9.02. The van der Waals surface area contributed by atoms with Crippen molar-refractivity contribution in [3.05, 3.63) is 41.7 Å². The normalized spacial score (nSPS) is 15.1. The number of hydrogen-bond donors (Lipinski definition) is 0. The summed E-state index contributed by atoms with van der Waals surface area (Å²) in [6.45, 7) is 9.87. The maximum atomic E-state index is 13.3. The fourth-order valence-electron chi connectivity index (χ4n) is 3.49. The number of fused-ring (bicyclic) bond motifs is 1. The van der Waals surface area contributed by atoms with Gasteiger partial charge in [0, 0.05) is 38.9 Å². The summed E-state index contributed by atoms with van der Waals surface area (Å²) in [6, 6.07) is 7.99. The van der Waals surface area contributed by atoms with Crippen molar-refractivity contribution in [1.29, 1.82) is 0 Å². The first kappa shape index (κ1) is 20.0. The summed E-state index contributed by atoms with van der Waals surface area (Å²) in [4.78, 5) is 22.2. The van der Waals surface area contributed by atoms with Crippen LogP contribution in [0.4, 0.5) is 5.13 Å². The highest BCUT2D eigenvalue weighted by atomic mass is 32.1. The lowest BCUT2D eigenvalue weighted by atomic mass is 10.2. The van der Waals surface area contributed by atoms with E-state index in [1.54, 1.807) is 27.0 Å². The molecule has 29 heavy (non-hydrogen) atoms. The van der Waals surface area contributed by atoms with E-state index in [9.17, 15) is 4.79 Å². The number of hydrogen-bond acceptors (Lipinski definition) is 6. The van der Waals surface area contributed by atoms with Gasteiger partial charge in [-0.3, -0.25) is 19.3 Å². The van der Waals surface area contributed by atoms with E-state index in [2.05, 4.69) is 29.1 Å². The smallest absolute Gasteiger partial charge is 0.280 e. The van der Waals surface area contributed by atoms with E-state index in [0.29, 0.717) is 12.2 Å². The van der Waals surface area contributed by atoms with E-state index in [-0.39, 0.29) is 5.91 Å². The Kier molecular flexibility index (Phi) is 6.22. The van der Waals surface area contributed by atoms with Crippen molar-refractivity contribution in [2.45, 2.75) is 26.8 Å². The van der Waals surface area contributed by atoms with Crippen LogP contribution in [0.15, 0.2) is 30.5 Å². The summed E-state index contributed by atoms with van der Waals surface area (Å²) in [7, 11) is 0. The summed E-state index contributed by atoms with van der Waals surface area (Å²) in [5.74, 6) is -0.0880. The molecule has 1 amide bonds. The third-order valence-electron chi connectivity index (χ3n) is 5.15. The zero-order chi connectivity index (χ0) is 20.2. The molecule has 1 fully saturated rings. The molecule has 1 aromatic carbocycles. The fraction of sp³-hybridized carbons (Fsp3) is 0.476. The molecule has 0 N–H and O–H groups in total. The number of carbonyl (C=O) groups excluding carboxylic acids is 1. The lowest BCUT2D eigenvalue weighted by Crippen LogP contribution is -2.39. The van der Waals surface area contributed by atoms with Crippen LogP contribution in [0, 0.1) is 6.92 Å². The van der Waals surface area contributed by atoms with Crippen molar-refractivity contribution in [1.82, 2.24) is 19.7 Å². The zero-order valence-corrected chi connectivity index (χ0v) is 17.8. The van der Waals surface area contributed by atoms with Crippen LogP contribution in [0.2, 0.25) is 0 Å². The zero-order valence-electron chi connectivity index (χ0n) is 17.0. The molecule has 8 heteroatoms. The summed E-state index contributed by atoms with van der Waals surface area (Å²) in [5.41, 5.74) is 2.59. The minimum absolute atomic E-state index is 0.0880. The van der Waals surface area contributed by atoms with Crippen LogP contribution in [-0.2, 0) is 11.3 Å². The predicted molar refractivity (Wildman–Crippen MR) is 116 cm³/mol. The molecule has 154 valence electrons. The fourth-order valence-corrected chi connectivity index (χ4v) is 4.57. The minimum atomic E-state index is -0.0880. The Morgan fingerprint density at radius 3 is 2.86 bits per heavy atom. The number of carbonyl (C=O) groups is 1. The van der Waals surface area contributed by atoms with Crippen LogP contribution in [0.25, 0.3) is 10.2 Å². The first-order valence-electron chi connectivity index (χ1n) is 10.2. The van der Waals surface area contributed by atoms with Gasteiger partial charge in [0.25, 0.3) is 5.91 Å². The lowest BCUT2D eigenvalue weighted by Gasteiger charge is -2.27. The Morgan fingerprint density at radius 2 is 2.10 bits per heavy atom. The Balaban J connectivity index is 1.55. The van der Waals surface area contributed by atoms with Crippen molar-refractivity contribution in [2.24, 2.45) is 0 Å². The van der Waals surface area contributed by atoms with Gasteiger partial charge in [-0.2, -0.15) is 5.10 Å². The topological polar surface area (TPSA) is 63.5 Å². The van der Waals surface area contributed by atoms with Crippen LogP contribution < -0.4 is 4.90 Å².